The summed E-state index contributed by atoms with van der Waals surface area (Å²) in [5, 5.41) is 0. The van der Waals surface area contributed by atoms with Crippen LogP contribution in [0.3, 0.4) is 0 Å². The molecule has 2 rings (SSSR count). The highest BCUT2D eigenvalue weighted by molar-refractivity contribution is 5.41. The molecule has 1 aliphatic rings. The second kappa shape index (κ2) is 3.02. The zero-order valence-electron chi connectivity index (χ0n) is 8.25. The van der Waals surface area contributed by atoms with Crippen LogP contribution in [0.5, 0.6) is 0 Å². The van der Waals surface area contributed by atoms with Crippen LogP contribution in [-0.2, 0) is 0 Å². The van der Waals surface area contributed by atoms with Gasteiger partial charge in [0.15, 0.2) is 0 Å². The van der Waals surface area contributed by atoms with E-state index in [2.05, 4.69) is 18.8 Å². The van der Waals surface area contributed by atoms with Gasteiger partial charge >= 0.3 is 0 Å². The molecular weight excluding hydrogens is 160 g/mol. The third kappa shape index (κ3) is 1.41. The van der Waals surface area contributed by atoms with Gasteiger partial charge in [-0.15, -0.1) is 0 Å². The number of anilines is 1. The first-order chi connectivity index (χ1) is 6.18. The SMILES string of the molecule is CC1CCC(C)c2cc(N)ncc21. The molecule has 0 amide bonds. The predicted octanol–water partition coefficient (Wildman–Crippen LogP) is 2.66. The minimum atomic E-state index is 0.650. The van der Waals surface area contributed by atoms with E-state index in [0.717, 1.165) is 0 Å². The first kappa shape index (κ1) is 8.54. The second-order valence-corrected chi connectivity index (χ2v) is 4.12. The van der Waals surface area contributed by atoms with E-state index >= 15 is 0 Å². The second-order valence-electron chi connectivity index (χ2n) is 4.12. The van der Waals surface area contributed by atoms with Crippen LogP contribution in [0.4, 0.5) is 5.82 Å². The van der Waals surface area contributed by atoms with Gasteiger partial charge in [-0.3, -0.25) is 0 Å². The molecule has 2 N–H and O–H groups in total. The predicted molar refractivity (Wildman–Crippen MR) is 54.7 cm³/mol. The van der Waals surface area contributed by atoms with E-state index in [1.807, 2.05) is 12.3 Å². The van der Waals surface area contributed by atoms with Crippen LogP contribution in [-0.4, -0.2) is 4.98 Å². The molecule has 1 aliphatic carbocycles. The van der Waals surface area contributed by atoms with E-state index in [9.17, 15) is 0 Å². The van der Waals surface area contributed by atoms with Crippen LogP contribution in [0, 0.1) is 0 Å². The molecule has 13 heavy (non-hydrogen) atoms. The van der Waals surface area contributed by atoms with Crippen LogP contribution >= 0.6 is 0 Å². The minimum Gasteiger partial charge on any atom is -0.384 e. The van der Waals surface area contributed by atoms with Crippen molar-refractivity contribution in [3.63, 3.8) is 0 Å². The van der Waals surface area contributed by atoms with Crippen LogP contribution in [0.1, 0.15) is 49.7 Å². The highest BCUT2D eigenvalue weighted by atomic mass is 14.8. The summed E-state index contributed by atoms with van der Waals surface area (Å²) in [5.41, 5.74) is 8.48. The molecule has 1 aromatic heterocycles. The average Bonchev–Trinajstić information content (AvgIpc) is 2.12. The van der Waals surface area contributed by atoms with E-state index < -0.39 is 0 Å². The molecule has 0 aliphatic heterocycles. The number of aromatic nitrogens is 1. The summed E-state index contributed by atoms with van der Waals surface area (Å²) in [6.45, 7) is 4.53. The number of nitrogen functional groups attached to an aromatic ring is 1. The van der Waals surface area contributed by atoms with E-state index in [4.69, 9.17) is 5.73 Å². The van der Waals surface area contributed by atoms with Crippen molar-refractivity contribution in [2.24, 2.45) is 0 Å². The van der Waals surface area contributed by atoms with Gasteiger partial charge in [0.2, 0.25) is 0 Å². The van der Waals surface area contributed by atoms with Crippen molar-refractivity contribution in [2.75, 3.05) is 5.73 Å². The van der Waals surface area contributed by atoms with Crippen LogP contribution in [0.15, 0.2) is 12.3 Å². The van der Waals surface area contributed by atoms with Gasteiger partial charge in [-0.1, -0.05) is 13.8 Å². The smallest absolute Gasteiger partial charge is 0.123 e. The monoisotopic (exact) mass is 176 g/mol. The van der Waals surface area contributed by atoms with Gasteiger partial charge in [0.1, 0.15) is 5.82 Å². The number of nitrogens with two attached hydrogens (primary N) is 1. The van der Waals surface area contributed by atoms with E-state index in [-0.39, 0.29) is 0 Å². The van der Waals surface area contributed by atoms with Crippen molar-refractivity contribution >= 4 is 5.82 Å². The summed E-state index contributed by atoms with van der Waals surface area (Å²) in [5.74, 6) is 1.95. The van der Waals surface area contributed by atoms with Gasteiger partial charge in [-0.05, 0) is 41.9 Å². The summed E-state index contributed by atoms with van der Waals surface area (Å²) in [4.78, 5) is 4.16. The van der Waals surface area contributed by atoms with Crippen molar-refractivity contribution in [3.05, 3.63) is 23.4 Å². The molecule has 0 saturated heterocycles. The van der Waals surface area contributed by atoms with Crippen molar-refractivity contribution in [3.8, 4) is 0 Å². The number of hydrogen-bond donors (Lipinski definition) is 1. The Morgan fingerprint density at radius 3 is 2.54 bits per heavy atom. The summed E-state index contributed by atoms with van der Waals surface area (Å²) in [7, 11) is 0. The fourth-order valence-electron chi connectivity index (χ4n) is 2.15. The average molecular weight is 176 g/mol. The van der Waals surface area contributed by atoms with Crippen molar-refractivity contribution in [1.82, 2.24) is 4.98 Å². The highest BCUT2D eigenvalue weighted by Crippen LogP contribution is 2.38. The molecule has 2 nitrogen and oxygen atoms in total. The zero-order chi connectivity index (χ0) is 9.42. The molecule has 0 radical (unpaired) electrons. The molecule has 2 heteroatoms. The third-order valence-electron chi connectivity index (χ3n) is 3.08. The van der Waals surface area contributed by atoms with Crippen molar-refractivity contribution in [2.45, 2.75) is 38.5 Å². The fourth-order valence-corrected chi connectivity index (χ4v) is 2.15. The van der Waals surface area contributed by atoms with Crippen LogP contribution in [0.25, 0.3) is 0 Å². The summed E-state index contributed by atoms with van der Waals surface area (Å²) in [6, 6.07) is 2.04. The topological polar surface area (TPSA) is 38.9 Å². The number of pyridine rings is 1. The van der Waals surface area contributed by atoms with Gasteiger partial charge in [-0.25, -0.2) is 4.98 Å². The number of hydrogen-bond acceptors (Lipinski definition) is 2. The quantitative estimate of drug-likeness (QED) is 0.660. The number of fused-ring (bicyclic) bond motifs is 1. The van der Waals surface area contributed by atoms with Crippen LogP contribution in [0.2, 0.25) is 0 Å². The first-order valence-corrected chi connectivity index (χ1v) is 4.94. The van der Waals surface area contributed by atoms with E-state index in [1.54, 1.807) is 0 Å². The Labute approximate surface area is 79.2 Å². The zero-order valence-corrected chi connectivity index (χ0v) is 8.25. The van der Waals surface area contributed by atoms with Gasteiger partial charge in [0.25, 0.3) is 0 Å². The Balaban J connectivity index is 2.50. The Kier molecular flexibility index (Phi) is 1.98. The van der Waals surface area contributed by atoms with Crippen LogP contribution < -0.4 is 5.73 Å². The van der Waals surface area contributed by atoms with Gasteiger partial charge in [-0.2, -0.15) is 0 Å². The molecule has 2 atom stereocenters. The standard InChI is InChI=1S/C11H16N2/c1-7-3-4-8(2)10-6-13-11(12)5-9(7)10/h5-8H,3-4H2,1-2H3,(H2,12,13). The number of rotatable bonds is 0. The maximum atomic E-state index is 5.68. The number of nitrogens with zero attached hydrogens (tertiary/aromatic N) is 1. The molecule has 2 unspecified atom stereocenters. The lowest BCUT2D eigenvalue weighted by molar-refractivity contribution is 0.525. The molecule has 0 fully saturated rings. The minimum absolute atomic E-state index is 0.650. The summed E-state index contributed by atoms with van der Waals surface area (Å²) >= 11 is 0. The lowest BCUT2D eigenvalue weighted by Gasteiger charge is -2.27. The van der Waals surface area contributed by atoms with E-state index in [1.165, 1.54) is 24.0 Å². The summed E-state index contributed by atoms with van der Waals surface area (Å²) in [6.07, 6.45) is 4.50. The Hall–Kier alpha value is -1.05. The Morgan fingerprint density at radius 1 is 1.23 bits per heavy atom. The molecule has 1 aromatic rings. The molecule has 0 bridgehead atoms. The van der Waals surface area contributed by atoms with Crippen molar-refractivity contribution < 1.29 is 0 Å². The highest BCUT2D eigenvalue weighted by Gasteiger charge is 2.21. The lowest BCUT2D eigenvalue weighted by atomic mass is 9.79. The van der Waals surface area contributed by atoms with Gasteiger partial charge in [0, 0.05) is 6.20 Å². The third-order valence-corrected chi connectivity index (χ3v) is 3.08. The fraction of sp³-hybridized carbons (Fsp3) is 0.545. The Morgan fingerprint density at radius 2 is 1.85 bits per heavy atom. The normalized spacial score (nSPS) is 26.9. The van der Waals surface area contributed by atoms with Gasteiger partial charge in [0.05, 0.1) is 0 Å². The van der Waals surface area contributed by atoms with Crippen molar-refractivity contribution in [1.29, 1.82) is 0 Å². The first-order valence-electron chi connectivity index (χ1n) is 4.94. The molecule has 70 valence electrons. The largest absolute Gasteiger partial charge is 0.384 e. The Bertz CT molecular complexity index is 320. The molecule has 0 aromatic carbocycles. The lowest BCUT2D eigenvalue weighted by Crippen LogP contribution is -2.11. The molecule has 1 heterocycles. The maximum Gasteiger partial charge on any atom is 0.123 e. The summed E-state index contributed by atoms with van der Waals surface area (Å²) < 4.78 is 0. The van der Waals surface area contributed by atoms with E-state index in [0.29, 0.717) is 17.7 Å². The molecule has 0 saturated carbocycles. The maximum absolute atomic E-state index is 5.68. The molecule has 0 spiro atoms. The van der Waals surface area contributed by atoms with Gasteiger partial charge < -0.3 is 5.73 Å². The molecular formula is C11H16N2.